The highest BCUT2D eigenvalue weighted by Gasteiger charge is 2.44. The minimum Gasteiger partial charge on any atom is -0.378 e. The molecule has 3 heterocycles. The van der Waals surface area contributed by atoms with Crippen LogP contribution in [0.15, 0.2) is 54.6 Å². The number of amides is 1. The minimum absolute atomic E-state index is 0.0738. The van der Waals surface area contributed by atoms with Gasteiger partial charge in [-0.05, 0) is 36.1 Å². The standard InChI is InChI=1S/C26H33N3O3/c1-27-24-17-25(21-8-5-9-23(16-21)28-12-14-31-15-13-28)29(18-22(24)19-32-27)26(30)11-10-20-6-3-2-4-7-20/h2-9,16,22,24-25H,10-15,17-19H2,1H3/t22-,24-,25-/m0/s1. The Labute approximate surface area is 190 Å². The molecule has 0 N–H and O–H groups in total. The number of ether oxygens (including phenoxy) is 1. The van der Waals surface area contributed by atoms with Crippen molar-refractivity contribution in [2.45, 2.75) is 31.3 Å². The lowest BCUT2D eigenvalue weighted by Gasteiger charge is -2.42. The molecule has 0 unspecified atom stereocenters. The summed E-state index contributed by atoms with van der Waals surface area (Å²) in [5.74, 6) is 0.614. The van der Waals surface area contributed by atoms with Crippen LogP contribution in [0.1, 0.15) is 30.0 Å². The predicted molar refractivity (Wildman–Crippen MR) is 124 cm³/mol. The Morgan fingerprint density at radius 2 is 1.88 bits per heavy atom. The molecular weight excluding hydrogens is 402 g/mol. The van der Waals surface area contributed by atoms with Gasteiger partial charge < -0.3 is 14.5 Å². The summed E-state index contributed by atoms with van der Waals surface area (Å²) in [6, 6.07) is 19.5. The van der Waals surface area contributed by atoms with Gasteiger partial charge in [-0.15, -0.1) is 0 Å². The van der Waals surface area contributed by atoms with Crippen molar-refractivity contribution in [3.05, 3.63) is 65.7 Å². The number of carbonyl (C=O) groups is 1. The van der Waals surface area contributed by atoms with Gasteiger partial charge in [0, 0.05) is 50.7 Å². The van der Waals surface area contributed by atoms with Crippen LogP contribution in [0, 0.1) is 5.92 Å². The molecule has 0 saturated carbocycles. The number of anilines is 1. The SMILES string of the molecule is CN1OC[C@@H]2CN(C(=O)CCc3ccccc3)[C@H](c3cccc(N4CCOCC4)c3)C[C@@H]21. The van der Waals surface area contributed by atoms with Crippen molar-refractivity contribution in [2.75, 3.05) is 51.4 Å². The van der Waals surface area contributed by atoms with Crippen LogP contribution in [0.2, 0.25) is 0 Å². The number of hydrogen-bond acceptors (Lipinski definition) is 5. The second-order valence-electron chi connectivity index (χ2n) is 9.15. The summed E-state index contributed by atoms with van der Waals surface area (Å²) in [6.45, 7) is 4.82. The Balaban J connectivity index is 1.37. The van der Waals surface area contributed by atoms with E-state index in [9.17, 15) is 4.79 Å². The lowest BCUT2D eigenvalue weighted by Crippen LogP contribution is -2.49. The van der Waals surface area contributed by atoms with Gasteiger partial charge in [0.25, 0.3) is 0 Å². The zero-order valence-electron chi connectivity index (χ0n) is 18.9. The molecule has 3 aliphatic heterocycles. The number of nitrogens with zero attached hydrogens (tertiary/aromatic N) is 3. The van der Waals surface area contributed by atoms with Gasteiger partial charge in [0.15, 0.2) is 0 Å². The highest BCUT2D eigenvalue weighted by Crippen LogP contribution is 2.40. The molecule has 0 aliphatic carbocycles. The number of rotatable bonds is 5. The highest BCUT2D eigenvalue weighted by atomic mass is 16.7. The van der Waals surface area contributed by atoms with E-state index in [1.165, 1.54) is 16.8 Å². The van der Waals surface area contributed by atoms with Crippen molar-refractivity contribution in [1.82, 2.24) is 9.96 Å². The summed E-state index contributed by atoms with van der Waals surface area (Å²) >= 11 is 0. The number of aryl methyl sites for hydroxylation is 1. The average molecular weight is 436 g/mol. The maximum Gasteiger partial charge on any atom is 0.223 e. The van der Waals surface area contributed by atoms with Gasteiger partial charge in [0.1, 0.15) is 0 Å². The van der Waals surface area contributed by atoms with Crippen LogP contribution in [0.3, 0.4) is 0 Å². The molecule has 3 saturated heterocycles. The molecule has 3 aliphatic rings. The van der Waals surface area contributed by atoms with Crippen molar-refractivity contribution >= 4 is 11.6 Å². The zero-order chi connectivity index (χ0) is 21.9. The maximum absolute atomic E-state index is 13.5. The van der Waals surface area contributed by atoms with Crippen LogP contribution in [0.4, 0.5) is 5.69 Å². The van der Waals surface area contributed by atoms with E-state index in [-0.39, 0.29) is 11.9 Å². The van der Waals surface area contributed by atoms with E-state index in [0.717, 1.165) is 45.7 Å². The van der Waals surface area contributed by atoms with Gasteiger partial charge in [-0.2, -0.15) is 5.06 Å². The lowest BCUT2D eigenvalue weighted by atomic mass is 9.85. The van der Waals surface area contributed by atoms with E-state index < -0.39 is 0 Å². The quantitative estimate of drug-likeness (QED) is 0.721. The van der Waals surface area contributed by atoms with Gasteiger partial charge in [-0.1, -0.05) is 42.5 Å². The maximum atomic E-state index is 13.5. The van der Waals surface area contributed by atoms with Crippen molar-refractivity contribution in [3.63, 3.8) is 0 Å². The smallest absolute Gasteiger partial charge is 0.223 e. The van der Waals surface area contributed by atoms with Gasteiger partial charge in [-0.25, -0.2) is 0 Å². The average Bonchev–Trinajstić information content (AvgIpc) is 3.22. The van der Waals surface area contributed by atoms with E-state index in [0.29, 0.717) is 25.0 Å². The van der Waals surface area contributed by atoms with Crippen molar-refractivity contribution in [3.8, 4) is 0 Å². The molecule has 1 amide bonds. The van der Waals surface area contributed by atoms with Crippen molar-refractivity contribution in [1.29, 1.82) is 0 Å². The first-order valence-electron chi connectivity index (χ1n) is 11.8. The normalized spacial score (nSPS) is 26.2. The highest BCUT2D eigenvalue weighted by molar-refractivity contribution is 5.77. The predicted octanol–water partition coefficient (Wildman–Crippen LogP) is 3.29. The van der Waals surface area contributed by atoms with Gasteiger partial charge >= 0.3 is 0 Å². The fraction of sp³-hybridized carbons (Fsp3) is 0.500. The fourth-order valence-corrected chi connectivity index (χ4v) is 5.35. The van der Waals surface area contributed by atoms with Crippen LogP contribution in [0.5, 0.6) is 0 Å². The van der Waals surface area contributed by atoms with Gasteiger partial charge in [0.05, 0.1) is 25.9 Å². The summed E-state index contributed by atoms with van der Waals surface area (Å²) in [7, 11) is 2.03. The third-order valence-corrected chi connectivity index (χ3v) is 7.20. The lowest BCUT2D eigenvalue weighted by molar-refractivity contribution is -0.139. The molecule has 3 atom stereocenters. The van der Waals surface area contributed by atoms with E-state index in [1.807, 2.05) is 30.3 Å². The first-order chi connectivity index (χ1) is 15.7. The fourth-order valence-electron chi connectivity index (χ4n) is 5.35. The first-order valence-corrected chi connectivity index (χ1v) is 11.8. The second kappa shape index (κ2) is 9.61. The van der Waals surface area contributed by atoms with Crippen LogP contribution in [0.25, 0.3) is 0 Å². The Kier molecular flexibility index (Phi) is 6.44. The summed E-state index contributed by atoms with van der Waals surface area (Å²) in [4.78, 5) is 23.8. The van der Waals surface area contributed by atoms with Crippen LogP contribution < -0.4 is 4.90 Å². The Morgan fingerprint density at radius 3 is 2.69 bits per heavy atom. The molecule has 0 aromatic heterocycles. The van der Waals surface area contributed by atoms with E-state index in [1.54, 1.807) is 0 Å². The van der Waals surface area contributed by atoms with Crippen molar-refractivity contribution in [2.24, 2.45) is 5.92 Å². The summed E-state index contributed by atoms with van der Waals surface area (Å²) in [5, 5.41) is 2.01. The zero-order valence-corrected chi connectivity index (χ0v) is 18.9. The molecule has 3 fully saturated rings. The minimum atomic E-state index is 0.0738. The molecule has 0 spiro atoms. The monoisotopic (exact) mass is 435 g/mol. The summed E-state index contributed by atoms with van der Waals surface area (Å²) in [5.41, 5.74) is 3.66. The molecule has 2 aromatic carbocycles. The second-order valence-corrected chi connectivity index (χ2v) is 9.15. The molecule has 6 heteroatoms. The van der Waals surface area contributed by atoms with E-state index in [4.69, 9.17) is 9.57 Å². The van der Waals surface area contributed by atoms with Gasteiger partial charge in [-0.3, -0.25) is 9.63 Å². The number of fused-ring (bicyclic) bond motifs is 1. The van der Waals surface area contributed by atoms with E-state index >= 15 is 0 Å². The van der Waals surface area contributed by atoms with E-state index in [2.05, 4.69) is 46.2 Å². The third kappa shape index (κ3) is 4.53. The largest absolute Gasteiger partial charge is 0.378 e. The molecule has 0 bridgehead atoms. The van der Waals surface area contributed by atoms with Gasteiger partial charge in [0.2, 0.25) is 5.91 Å². The number of carbonyl (C=O) groups excluding carboxylic acids is 1. The van der Waals surface area contributed by atoms with Crippen LogP contribution in [-0.2, 0) is 20.8 Å². The molecule has 170 valence electrons. The number of hydroxylamine groups is 2. The molecule has 0 radical (unpaired) electrons. The number of hydrogen-bond donors (Lipinski definition) is 0. The number of morpholine rings is 1. The number of likely N-dealkylation sites (tertiary alicyclic amines) is 1. The number of benzene rings is 2. The first kappa shape index (κ1) is 21.4. The number of piperidine rings is 1. The Morgan fingerprint density at radius 1 is 1.06 bits per heavy atom. The van der Waals surface area contributed by atoms with Crippen LogP contribution in [-0.4, -0.2) is 68.4 Å². The summed E-state index contributed by atoms with van der Waals surface area (Å²) in [6.07, 6.45) is 2.23. The molecular formula is C26H33N3O3. The third-order valence-electron chi connectivity index (χ3n) is 7.20. The van der Waals surface area contributed by atoms with Crippen molar-refractivity contribution < 1.29 is 14.4 Å². The molecule has 5 rings (SSSR count). The van der Waals surface area contributed by atoms with Crippen LogP contribution >= 0.6 is 0 Å². The topological polar surface area (TPSA) is 45.2 Å². The molecule has 2 aromatic rings. The summed E-state index contributed by atoms with van der Waals surface area (Å²) < 4.78 is 5.52. The molecule has 6 nitrogen and oxygen atoms in total. The Bertz CT molecular complexity index is 916. The Hall–Kier alpha value is -2.41. The molecule has 32 heavy (non-hydrogen) atoms.